The number of benzene rings is 1. The van der Waals surface area contributed by atoms with E-state index in [1.807, 2.05) is 24.4 Å². The van der Waals surface area contributed by atoms with Crippen molar-refractivity contribution in [3.63, 3.8) is 0 Å². The average Bonchev–Trinajstić information content (AvgIpc) is 2.94. The lowest BCUT2D eigenvalue weighted by Gasteiger charge is -2.32. The number of carbonyl (C=O) groups excluding carboxylic acids is 1. The number of aryl methyl sites for hydroxylation is 1. The largest absolute Gasteiger partial charge is 0.361 e. The first kappa shape index (κ1) is 17.0. The lowest BCUT2D eigenvalue weighted by atomic mass is 10.0. The van der Waals surface area contributed by atoms with Crippen LogP contribution in [0.4, 0.5) is 0 Å². The van der Waals surface area contributed by atoms with E-state index in [0.29, 0.717) is 25.9 Å². The van der Waals surface area contributed by atoms with Crippen LogP contribution in [0.5, 0.6) is 0 Å². The summed E-state index contributed by atoms with van der Waals surface area (Å²) in [5, 5.41) is 1.15. The molecule has 1 atom stereocenters. The lowest BCUT2D eigenvalue weighted by molar-refractivity contribution is -0.132. The Morgan fingerprint density at radius 1 is 1.38 bits per heavy atom. The van der Waals surface area contributed by atoms with E-state index >= 15 is 0 Å². The molecule has 0 radical (unpaired) electrons. The fraction of sp³-hybridized carbons (Fsp3) is 0.471. The Labute approximate surface area is 142 Å². The van der Waals surface area contributed by atoms with E-state index in [0.717, 1.165) is 35.6 Å². The number of hydrogen-bond donors (Lipinski definition) is 2. The number of fused-ring (bicyclic) bond motifs is 1. The molecule has 0 saturated carbocycles. The Kier molecular flexibility index (Phi) is 4.91. The second-order valence-electron chi connectivity index (χ2n) is 6.43. The molecule has 3 rings (SSSR count). The summed E-state index contributed by atoms with van der Waals surface area (Å²) in [6, 6.07) is 7.88. The third-order valence-corrected chi connectivity index (χ3v) is 5.20. The van der Waals surface area contributed by atoms with Crippen molar-refractivity contribution in [2.24, 2.45) is 0 Å². The number of likely N-dealkylation sites (tertiary alicyclic amines) is 1. The molecule has 7 heteroatoms. The van der Waals surface area contributed by atoms with E-state index in [-0.39, 0.29) is 11.9 Å². The fourth-order valence-electron chi connectivity index (χ4n) is 3.34. The van der Waals surface area contributed by atoms with E-state index < -0.39 is 10.0 Å². The van der Waals surface area contributed by atoms with Gasteiger partial charge in [-0.3, -0.25) is 4.79 Å². The van der Waals surface area contributed by atoms with Gasteiger partial charge in [0.2, 0.25) is 15.9 Å². The Balaban J connectivity index is 1.58. The predicted molar refractivity (Wildman–Crippen MR) is 94.2 cm³/mol. The Hall–Kier alpha value is -1.86. The number of aromatic amines is 1. The molecule has 1 aliphatic rings. The third-order valence-electron chi connectivity index (χ3n) is 4.44. The molecule has 6 nitrogen and oxygen atoms in total. The van der Waals surface area contributed by atoms with Gasteiger partial charge < -0.3 is 9.88 Å². The number of nitrogens with zero attached hydrogens (tertiary/aromatic N) is 1. The summed E-state index contributed by atoms with van der Waals surface area (Å²) in [4.78, 5) is 17.5. The Bertz CT molecular complexity index is 828. The molecule has 1 fully saturated rings. The van der Waals surface area contributed by atoms with Crippen LogP contribution in [0.1, 0.15) is 24.8 Å². The van der Waals surface area contributed by atoms with Crippen molar-refractivity contribution in [2.75, 3.05) is 19.3 Å². The molecule has 24 heavy (non-hydrogen) atoms. The van der Waals surface area contributed by atoms with Crippen LogP contribution in [0.25, 0.3) is 10.9 Å². The van der Waals surface area contributed by atoms with Crippen molar-refractivity contribution in [1.82, 2.24) is 14.6 Å². The number of rotatable bonds is 5. The molecule has 0 spiro atoms. The van der Waals surface area contributed by atoms with Crippen LogP contribution in [0.2, 0.25) is 0 Å². The molecule has 1 aromatic carbocycles. The normalized spacial score (nSPS) is 18.9. The molecule has 2 aromatic rings. The van der Waals surface area contributed by atoms with Gasteiger partial charge in [-0.25, -0.2) is 13.1 Å². The molecule has 0 unspecified atom stereocenters. The van der Waals surface area contributed by atoms with Gasteiger partial charge in [0.15, 0.2) is 0 Å². The summed E-state index contributed by atoms with van der Waals surface area (Å²) < 4.78 is 25.3. The number of H-pyrrole nitrogens is 1. The first-order valence-electron chi connectivity index (χ1n) is 8.22. The number of nitrogens with one attached hydrogen (secondary N) is 2. The van der Waals surface area contributed by atoms with Gasteiger partial charge in [-0.15, -0.1) is 0 Å². The minimum absolute atomic E-state index is 0.0836. The predicted octanol–water partition coefficient (Wildman–Crippen LogP) is 1.64. The SMILES string of the molecule is CS(=O)(=O)N[C@H]1CCCN(C(=O)CCc2c[nH]c3ccccc23)C1. The van der Waals surface area contributed by atoms with Crippen LogP contribution in [-0.2, 0) is 21.2 Å². The highest BCUT2D eigenvalue weighted by atomic mass is 32.2. The number of aromatic nitrogens is 1. The zero-order valence-corrected chi connectivity index (χ0v) is 14.6. The molecule has 2 heterocycles. The number of para-hydroxylation sites is 1. The van der Waals surface area contributed by atoms with Crippen molar-refractivity contribution < 1.29 is 13.2 Å². The molecule has 1 aliphatic heterocycles. The maximum atomic E-state index is 12.5. The summed E-state index contributed by atoms with van der Waals surface area (Å²) in [7, 11) is -3.24. The highest BCUT2D eigenvalue weighted by Crippen LogP contribution is 2.20. The minimum Gasteiger partial charge on any atom is -0.361 e. The summed E-state index contributed by atoms with van der Waals surface area (Å²) in [5.74, 6) is 0.0836. The first-order valence-corrected chi connectivity index (χ1v) is 10.1. The highest BCUT2D eigenvalue weighted by Gasteiger charge is 2.25. The summed E-state index contributed by atoms with van der Waals surface area (Å²) in [5.41, 5.74) is 2.22. The molecular weight excluding hydrogens is 326 g/mol. The molecule has 1 saturated heterocycles. The van der Waals surface area contributed by atoms with Gasteiger partial charge in [0, 0.05) is 42.7 Å². The van der Waals surface area contributed by atoms with Gasteiger partial charge in [0.05, 0.1) is 6.26 Å². The van der Waals surface area contributed by atoms with Gasteiger partial charge >= 0.3 is 0 Å². The summed E-state index contributed by atoms with van der Waals surface area (Å²) >= 11 is 0. The van der Waals surface area contributed by atoms with E-state index in [1.54, 1.807) is 4.90 Å². The van der Waals surface area contributed by atoms with Gasteiger partial charge in [0.1, 0.15) is 0 Å². The molecular formula is C17H23N3O3S. The monoisotopic (exact) mass is 349 g/mol. The zero-order valence-electron chi connectivity index (χ0n) is 13.8. The molecule has 0 aliphatic carbocycles. The lowest BCUT2D eigenvalue weighted by Crippen LogP contribution is -2.49. The van der Waals surface area contributed by atoms with Crippen LogP contribution in [-0.4, -0.2) is 49.6 Å². The quantitative estimate of drug-likeness (QED) is 0.861. The second-order valence-corrected chi connectivity index (χ2v) is 8.21. The van der Waals surface area contributed by atoms with Crippen molar-refractivity contribution >= 4 is 26.8 Å². The number of carbonyl (C=O) groups is 1. The summed E-state index contributed by atoms with van der Waals surface area (Å²) in [6.07, 6.45) is 5.84. The first-order chi connectivity index (χ1) is 11.4. The van der Waals surface area contributed by atoms with Crippen molar-refractivity contribution in [3.05, 3.63) is 36.0 Å². The average molecular weight is 349 g/mol. The van der Waals surface area contributed by atoms with Crippen LogP contribution in [0.3, 0.4) is 0 Å². The minimum atomic E-state index is -3.24. The Morgan fingerprint density at radius 2 is 2.17 bits per heavy atom. The van der Waals surface area contributed by atoms with Crippen LogP contribution >= 0.6 is 0 Å². The maximum Gasteiger partial charge on any atom is 0.222 e. The van der Waals surface area contributed by atoms with E-state index in [1.165, 1.54) is 0 Å². The molecule has 130 valence electrons. The van der Waals surface area contributed by atoms with Crippen molar-refractivity contribution in [1.29, 1.82) is 0 Å². The standard InChI is InChI=1S/C17H23N3O3S/c1-24(22,23)19-14-5-4-10-20(12-14)17(21)9-8-13-11-18-16-7-3-2-6-15(13)16/h2-3,6-7,11,14,18-19H,4-5,8-10,12H2,1H3/t14-/m0/s1. The number of sulfonamides is 1. The number of hydrogen-bond acceptors (Lipinski definition) is 3. The van der Waals surface area contributed by atoms with Crippen molar-refractivity contribution in [2.45, 2.75) is 31.7 Å². The molecule has 2 N–H and O–H groups in total. The van der Waals surface area contributed by atoms with E-state index in [2.05, 4.69) is 15.8 Å². The second kappa shape index (κ2) is 6.94. The van der Waals surface area contributed by atoms with Crippen LogP contribution in [0.15, 0.2) is 30.5 Å². The van der Waals surface area contributed by atoms with E-state index in [4.69, 9.17) is 0 Å². The molecule has 1 amide bonds. The summed E-state index contributed by atoms with van der Waals surface area (Å²) in [6.45, 7) is 1.16. The smallest absolute Gasteiger partial charge is 0.222 e. The molecule has 1 aromatic heterocycles. The fourth-order valence-corrected chi connectivity index (χ4v) is 4.14. The van der Waals surface area contributed by atoms with Gasteiger partial charge in [-0.2, -0.15) is 0 Å². The highest BCUT2D eigenvalue weighted by molar-refractivity contribution is 7.88. The van der Waals surface area contributed by atoms with Gasteiger partial charge in [-0.05, 0) is 30.9 Å². The third kappa shape index (κ3) is 4.15. The maximum absolute atomic E-state index is 12.5. The van der Waals surface area contributed by atoms with E-state index in [9.17, 15) is 13.2 Å². The number of piperidine rings is 1. The van der Waals surface area contributed by atoms with Crippen molar-refractivity contribution in [3.8, 4) is 0 Å². The van der Waals surface area contributed by atoms with Gasteiger partial charge in [0.25, 0.3) is 0 Å². The van der Waals surface area contributed by atoms with Crippen LogP contribution in [0, 0.1) is 0 Å². The van der Waals surface area contributed by atoms with Gasteiger partial charge in [-0.1, -0.05) is 18.2 Å². The number of amides is 1. The topological polar surface area (TPSA) is 82.3 Å². The zero-order chi connectivity index (χ0) is 17.2. The van der Waals surface area contributed by atoms with Crippen LogP contribution < -0.4 is 4.72 Å². The Morgan fingerprint density at radius 3 is 2.96 bits per heavy atom. The molecule has 0 bridgehead atoms.